The molecule has 1 fully saturated rings. The van der Waals surface area contributed by atoms with Crippen LogP contribution in [0.3, 0.4) is 0 Å². The van der Waals surface area contributed by atoms with E-state index in [1.807, 2.05) is 6.92 Å². The Bertz CT molecular complexity index is 533. The van der Waals surface area contributed by atoms with Crippen LogP contribution in [0.5, 0.6) is 0 Å². The van der Waals surface area contributed by atoms with E-state index in [0.717, 1.165) is 6.42 Å². The molecule has 0 amide bonds. The summed E-state index contributed by atoms with van der Waals surface area (Å²) in [7, 11) is -3.48. The van der Waals surface area contributed by atoms with Gasteiger partial charge in [-0.3, -0.25) is 0 Å². The summed E-state index contributed by atoms with van der Waals surface area (Å²) in [4.78, 5) is 3.86. The van der Waals surface area contributed by atoms with E-state index in [1.165, 1.54) is 16.6 Å². The van der Waals surface area contributed by atoms with Crippen LogP contribution < -0.4 is 0 Å². The number of rotatable bonds is 2. The van der Waals surface area contributed by atoms with Crippen LogP contribution in [0.2, 0.25) is 10.2 Å². The fraction of sp³-hybridized carbons (Fsp3) is 0.500. The van der Waals surface area contributed by atoms with Crippen LogP contribution in [0.4, 0.5) is 0 Å². The second kappa shape index (κ2) is 4.72. The third-order valence-corrected chi connectivity index (χ3v) is 5.31. The molecule has 0 bridgehead atoms. The Morgan fingerprint density at radius 2 is 2.18 bits per heavy atom. The molecule has 1 aliphatic rings. The molecule has 17 heavy (non-hydrogen) atoms. The summed E-state index contributed by atoms with van der Waals surface area (Å²) in [5.41, 5.74) is 0. The monoisotopic (exact) mass is 294 g/mol. The van der Waals surface area contributed by atoms with Gasteiger partial charge in [-0.2, -0.15) is 4.31 Å². The van der Waals surface area contributed by atoms with Crippen molar-refractivity contribution in [3.8, 4) is 0 Å². The van der Waals surface area contributed by atoms with Crippen LogP contribution in [-0.2, 0) is 10.0 Å². The van der Waals surface area contributed by atoms with Crippen molar-refractivity contribution < 1.29 is 8.42 Å². The van der Waals surface area contributed by atoms with Gasteiger partial charge in [-0.25, -0.2) is 13.4 Å². The Balaban J connectivity index is 2.35. The van der Waals surface area contributed by atoms with Crippen molar-refractivity contribution in [2.45, 2.75) is 18.2 Å². The van der Waals surface area contributed by atoms with E-state index >= 15 is 0 Å². The van der Waals surface area contributed by atoms with E-state index in [1.54, 1.807) is 0 Å². The van der Waals surface area contributed by atoms with Gasteiger partial charge in [0.25, 0.3) is 0 Å². The maximum Gasteiger partial charge on any atom is 0.244 e. The van der Waals surface area contributed by atoms with Gasteiger partial charge in [0.1, 0.15) is 10.0 Å². The zero-order chi connectivity index (χ0) is 12.6. The van der Waals surface area contributed by atoms with Crippen molar-refractivity contribution in [2.75, 3.05) is 13.1 Å². The molecule has 0 saturated carbocycles. The molecule has 4 nitrogen and oxygen atoms in total. The highest BCUT2D eigenvalue weighted by atomic mass is 35.5. The Morgan fingerprint density at radius 3 is 2.71 bits per heavy atom. The summed E-state index contributed by atoms with van der Waals surface area (Å²) in [6.45, 7) is 3.12. The van der Waals surface area contributed by atoms with Crippen LogP contribution in [0.15, 0.2) is 17.2 Å². The van der Waals surface area contributed by atoms with E-state index in [2.05, 4.69) is 4.98 Å². The van der Waals surface area contributed by atoms with Crippen molar-refractivity contribution in [2.24, 2.45) is 5.92 Å². The number of pyridine rings is 1. The average Bonchev–Trinajstić information content (AvgIpc) is 2.69. The molecule has 0 aromatic carbocycles. The molecule has 2 heterocycles. The SMILES string of the molecule is CC1CCN(S(=O)(=O)c2cnc(Cl)c(Cl)c2)C1. The number of hydrogen-bond donors (Lipinski definition) is 0. The van der Waals surface area contributed by atoms with Crippen LogP contribution in [0, 0.1) is 5.92 Å². The molecule has 0 radical (unpaired) electrons. The molecular formula is C10H12Cl2N2O2S. The predicted octanol–water partition coefficient (Wildman–Crippen LogP) is 2.42. The first-order valence-corrected chi connectivity index (χ1v) is 7.42. The van der Waals surface area contributed by atoms with E-state index in [-0.39, 0.29) is 15.1 Å². The van der Waals surface area contributed by atoms with Gasteiger partial charge in [-0.15, -0.1) is 0 Å². The molecule has 1 aliphatic heterocycles. The topological polar surface area (TPSA) is 50.3 Å². The van der Waals surface area contributed by atoms with Crippen molar-refractivity contribution in [3.05, 3.63) is 22.4 Å². The summed E-state index contributed by atoms with van der Waals surface area (Å²) in [6.07, 6.45) is 2.13. The quantitative estimate of drug-likeness (QED) is 0.787. The molecule has 2 rings (SSSR count). The smallest absolute Gasteiger partial charge is 0.242 e. The first-order valence-electron chi connectivity index (χ1n) is 5.22. The van der Waals surface area contributed by atoms with Gasteiger partial charge in [0.05, 0.1) is 5.02 Å². The number of aromatic nitrogens is 1. The summed E-state index contributed by atoms with van der Waals surface area (Å²) in [6, 6.07) is 1.34. The molecule has 1 atom stereocenters. The molecule has 94 valence electrons. The molecule has 0 spiro atoms. The number of halogens is 2. The van der Waals surface area contributed by atoms with E-state index in [0.29, 0.717) is 19.0 Å². The Labute approximate surface area is 111 Å². The summed E-state index contributed by atoms with van der Waals surface area (Å²) < 4.78 is 25.9. The summed E-state index contributed by atoms with van der Waals surface area (Å²) >= 11 is 11.4. The van der Waals surface area contributed by atoms with Crippen molar-refractivity contribution >= 4 is 33.2 Å². The highest BCUT2D eigenvalue weighted by Crippen LogP contribution is 2.27. The van der Waals surface area contributed by atoms with Crippen LogP contribution in [0.25, 0.3) is 0 Å². The zero-order valence-corrected chi connectivity index (χ0v) is 11.6. The maximum atomic E-state index is 12.2. The lowest BCUT2D eigenvalue weighted by Crippen LogP contribution is -2.28. The Morgan fingerprint density at radius 1 is 1.47 bits per heavy atom. The minimum atomic E-state index is -3.48. The molecule has 0 N–H and O–H groups in total. The second-order valence-electron chi connectivity index (χ2n) is 4.20. The minimum Gasteiger partial charge on any atom is -0.242 e. The number of nitrogens with zero attached hydrogens (tertiary/aromatic N) is 2. The normalized spacial score (nSPS) is 21.9. The second-order valence-corrected chi connectivity index (χ2v) is 6.90. The standard InChI is InChI=1S/C10H12Cl2N2O2S/c1-7-2-3-14(6-7)17(15,16)8-4-9(11)10(12)13-5-8/h4-5,7H,2-3,6H2,1H3. The maximum absolute atomic E-state index is 12.2. The fourth-order valence-electron chi connectivity index (χ4n) is 1.81. The number of sulfonamides is 1. The molecule has 0 aliphatic carbocycles. The van der Waals surface area contributed by atoms with Gasteiger partial charge in [0.2, 0.25) is 10.0 Å². The third kappa shape index (κ3) is 2.57. The van der Waals surface area contributed by atoms with Crippen LogP contribution >= 0.6 is 23.2 Å². The fourth-order valence-corrected chi connectivity index (χ4v) is 3.69. The van der Waals surface area contributed by atoms with Crippen LogP contribution in [0.1, 0.15) is 13.3 Å². The lowest BCUT2D eigenvalue weighted by Gasteiger charge is -2.15. The average molecular weight is 295 g/mol. The van der Waals surface area contributed by atoms with Gasteiger partial charge in [0, 0.05) is 19.3 Å². The summed E-state index contributed by atoms with van der Waals surface area (Å²) in [5.74, 6) is 0.389. The number of hydrogen-bond acceptors (Lipinski definition) is 3. The largest absolute Gasteiger partial charge is 0.244 e. The van der Waals surface area contributed by atoms with Crippen molar-refractivity contribution in [1.82, 2.24) is 9.29 Å². The highest BCUT2D eigenvalue weighted by molar-refractivity contribution is 7.89. The third-order valence-electron chi connectivity index (χ3n) is 2.80. The molecule has 1 aromatic heterocycles. The molecule has 1 saturated heterocycles. The molecular weight excluding hydrogens is 283 g/mol. The Hall–Kier alpha value is -0.360. The molecule has 1 unspecified atom stereocenters. The van der Waals surface area contributed by atoms with Gasteiger partial charge in [0.15, 0.2) is 0 Å². The summed E-state index contributed by atoms with van der Waals surface area (Å²) in [5, 5.41) is 0.264. The Kier molecular flexibility index (Phi) is 3.63. The van der Waals surface area contributed by atoms with Crippen molar-refractivity contribution in [1.29, 1.82) is 0 Å². The molecule has 7 heteroatoms. The first kappa shape index (κ1) is 13.1. The lowest BCUT2D eigenvalue weighted by molar-refractivity contribution is 0.464. The molecule has 1 aromatic rings. The van der Waals surface area contributed by atoms with Gasteiger partial charge in [-0.05, 0) is 18.4 Å². The highest BCUT2D eigenvalue weighted by Gasteiger charge is 2.31. The van der Waals surface area contributed by atoms with Gasteiger partial charge >= 0.3 is 0 Å². The van der Waals surface area contributed by atoms with E-state index in [4.69, 9.17) is 23.2 Å². The van der Waals surface area contributed by atoms with Crippen LogP contribution in [-0.4, -0.2) is 30.8 Å². The van der Waals surface area contributed by atoms with Gasteiger partial charge in [-0.1, -0.05) is 30.1 Å². The minimum absolute atomic E-state index is 0.0981. The van der Waals surface area contributed by atoms with E-state index < -0.39 is 10.0 Å². The zero-order valence-electron chi connectivity index (χ0n) is 9.23. The first-order chi connectivity index (χ1) is 7.91. The van der Waals surface area contributed by atoms with E-state index in [9.17, 15) is 8.42 Å². The predicted molar refractivity (Wildman–Crippen MR) is 66.8 cm³/mol. The lowest BCUT2D eigenvalue weighted by atomic mass is 10.2. The van der Waals surface area contributed by atoms with Crippen molar-refractivity contribution in [3.63, 3.8) is 0 Å². The van der Waals surface area contributed by atoms with Gasteiger partial charge < -0.3 is 0 Å².